The van der Waals surface area contributed by atoms with Crippen LogP contribution >= 0.6 is 11.8 Å². The predicted molar refractivity (Wildman–Crippen MR) is 112 cm³/mol. The minimum Gasteiger partial charge on any atom is -0.493 e. The van der Waals surface area contributed by atoms with Crippen LogP contribution in [0.25, 0.3) is 10.9 Å². The number of nitrogens with zero attached hydrogens (tertiary/aromatic N) is 2. The zero-order valence-electron chi connectivity index (χ0n) is 16.3. The van der Waals surface area contributed by atoms with Crippen molar-refractivity contribution in [3.63, 3.8) is 0 Å². The van der Waals surface area contributed by atoms with E-state index in [1.54, 1.807) is 36.4 Å². The van der Waals surface area contributed by atoms with Crippen molar-refractivity contribution < 1.29 is 19.4 Å². The molecule has 0 aliphatic heterocycles. The molecular formula is C21H22N2O5S. The summed E-state index contributed by atoms with van der Waals surface area (Å²) in [5.41, 5.74) is 0.893. The third-order valence-electron chi connectivity index (χ3n) is 4.40. The number of hydrogen-bond acceptors (Lipinski definition) is 7. The van der Waals surface area contributed by atoms with Gasteiger partial charge < -0.3 is 14.6 Å². The number of carbonyl (C=O) groups is 1. The maximum absolute atomic E-state index is 12.8. The zero-order valence-corrected chi connectivity index (χ0v) is 17.1. The molecule has 1 N–H and O–H groups in total. The molecule has 3 rings (SSSR count). The molecule has 0 saturated carbocycles. The molecule has 29 heavy (non-hydrogen) atoms. The molecule has 3 aromatic rings. The number of Topliss-reactive ketones (excluding diaryl/α,β-unsaturated/α-hetero) is 1. The van der Waals surface area contributed by atoms with Crippen LogP contribution in [0.2, 0.25) is 0 Å². The first-order valence-electron chi connectivity index (χ1n) is 9.07. The number of benzene rings is 2. The summed E-state index contributed by atoms with van der Waals surface area (Å²) >= 11 is 1.20. The van der Waals surface area contributed by atoms with Crippen LogP contribution in [0.4, 0.5) is 0 Å². The van der Waals surface area contributed by atoms with Gasteiger partial charge in [0.2, 0.25) is 0 Å². The van der Waals surface area contributed by atoms with Crippen LogP contribution in [0.1, 0.15) is 16.8 Å². The van der Waals surface area contributed by atoms with Crippen LogP contribution in [0.5, 0.6) is 11.5 Å². The summed E-state index contributed by atoms with van der Waals surface area (Å²) in [6.07, 6.45) is 0.428. The molecule has 0 spiro atoms. The Bertz CT molecular complexity index is 1080. The van der Waals surface area contributed by atoms with E-state index in [0.29, 0.717) is 46.1 Å². The lowest BCUT2D eigenvalue weighted by molar-refractivity contribution is 0.102. The van der Waals surface area contributed by atoms with Crippen molar-refractivity contribution in [1.82, 2.24) is 9.55 Å². The second kappa shape index (κ2) is 9.58. The van der Waals surface area contributed by atoms with Crippen molar-refractivity contribution in [2.45, 2.75) is 18.1 Å². The average Bonchev–Trinajstić information content (AvgIpc) is 2.76. The van der Waals surface area contributed by atoms with Gasteiger partial charge in [0.1, 0.15) is 0 Å². The largest absolute Gasteiger partial charge is 0.493 e. The summed E-state index contributed by atoms with van der Waals surface area (Å²) in [6, 6.07) is 12.1. The Hall–Kier alpha value is -2.84. The Morgan fingerprint density at radius 2 is 1.90 bits per heavy atom. The highest BCUT2D eigenvalue weighted by atomic mass is 32.2. The normalized spacial score (nSPS) is 10.9. The Morgan fingerprint density at radius 1 is 1.14 bits per heavy atom. The topological polar surface area (TPSA) is 90.7 Å². The molecule has 1 heterocycles. The van der Waals surface area contributed by atoms with Gasteiger partial charge in [0.25, 0.3) is 5.56 Å². The van der Waals surface area contributed by atoms with E-state index in [9.17, 15) is 9.59 Å². The van der Waals surface area contributed by atoms with E-state index in [2.05, 4.69) is 4.98 Å². The SMILES string of the molecule is COc1ccc(C(=O)CSc2nc3ccccc3c(=O)n2CCCO)cc1OC. The van der Waals surface area contributed by atoms with Gasteiger partial charge in [-0.25, -0.2) is 4.98 Å². The lowest BCUT2D eigenvalue weighted by Crippen LogP contribution is -2.24. The van der Waals surface area contributed by atoms with Crippen LogP contribution in [-0.2, 0) is 6.54 Å². The molecule has 2 aromatic carbocycles. The van der Waals surface area contributed by atoms with E-state index < -0.39 is 0 Å². The molecule has 1 aromatic heterocycles. The summed E-state index contributed by atoms with van der Waals surface area (Å²) in [7, 11) is 3.05. The molecule has 7 nitrogen and oxygen atoms in total. The number of para-hydroxylation sites is 1. The third kappa shape index (κ3) is 4.60. The number of methoxy groups -OCH3 is 2. The number of fused-ring (bicyclic) bond motifs is 1. The number of hydrogen-bond donors (Lipinski definition) is 1. The van der Waals surface area contributed by atoms with Crippen LogP contribution < -0.4 is 15.0 Å². The fourth-order valence-electron chi connectivity index (χ4n) is 2.91. The first kappa shape index (κ1) is 20.9. The summed E-state index contributed by atoms with van der Waals surface area (Å²) < 4.78 is 12.0. The summed E-state index contributed by atoms with van der Waals surface area (Å²) in [6.45, 7) is 0.300. The number of aromatic nitrogens is 2. The van der Waals surface area contributed by atoms with Crippen LogP contribution in [0, 0.1) is 0 Å². The number of ether oxygens (including phenoxy) is 2. The molecule has 0 fully saturated rings. The van der Waals surface area contributed by atoms with Crippen molar-refractivity contribution in [1.29, 1.82) is 0 Å². The Morgan fingerprint density at radius 3 is 2.62 bits per heavy atom. The first-order chi connectivity index (χ1) is 14.1. The lowest BCUT2D eigenvalue weighted by atomic mass is 10.1. The number of ketones is 1. The quantitative estimate of drug-likeness (QED) is 0.327. The standard InChI is InChI=1S/C21H22N2O5S/c1-27-18-9-8-14(12-19(18)28-2)17(25)13-29-21-22-16-7-4-3-6-15(16)20(26)23(21)10-5-11-24/h3-4,6-9,12,24H,5,10-11,13H2,1-2H3. The summed E-state index contributed by atoms with van der Waals surface area (Å²) in [5.74, 6) is 1.02. The second-order valence-electron chi connectivity index (χ2n) is 6.23. The number of rotatable bonds is 9. The Balaban J connectivity index is 1.87. The Labute approximate surface area is 172 Å². The first-order valence-corrected chi connectivity index (χ1v) is 10.1. The van der Waals surface area contributed by atoms with Crippen LogP contribution in [0.3, 0.4) is 0 Å². The molecule has 0 aliphatic rings. The number of aliphatic hydroxyl groups excluding tert-OH is 1. The highest BCUT2D eigenvalue weighted by Crippen LogP contribution is 2.28. The van der Waals surface area contributed by atoms with E-state index in [1.165, 1.54) is 30.5 Å². The van der Waals surface area contributed by atoms with Crippen molar-refractivity contribution in [3.8, 4) is 11.5 Å². The molecule has 0 aliphatic carbocycles. The molecular weight excluding hydrogens is 392 g/mol. The number of aliphatic hydroxyl groups is 1. The van der Waals surface area contributed by atoms with Gasteiger partial charge in [-0.2, -0.15) is 0 Å². The smallest absolute Gasteiger partial charge is 0.262 e. The van der Waals surface area contributed by atoms with E-state index in [1.807, 2.05) is 6.07 Å². The van der Waals surface area contributed by atoms with Crippen LogP contribution in [0.15, 0.2) is 52.4 Å². The maximum Gasteiger partial charge on any atom is 0.262 e. The fourth-order valence-corrected chi connectivity index (χ4v) is 3.83. The van der Waals surface area contributed by atoms with E-state index >= 15 is 0 Å². The van der Waals surface area contributed by atoms with E-state index in [-0.39, 0.29) is 23.7 Å². The van der Waals surface area contributed by atoms with Crippen molar-refractivity contribution >= 4 is 28.4 Å². The third-order valence-corrected chi connectivity index (χ3v) is 5.38. The van der Waals surface area contributed by atoms with Gasteiger partial charge in [0.05, 0.1) is 30.9 Å². The van der Waals surface area contributed by atoms with Gasteiger partial charge in [0, 0.05) is 18.7 Å². The lowest BCUT2D eigenvalue weighted by Gasteiger charge is -2.13. The molecule has 0 unspecified atom stereocenters. The van der Waals surface area contributed by atoms with Gasteiger partial charge in [-0.3, -0.25) is 14.2 Å². The monoisotopic (exact) mass is 414 g/mol. The zero-order chi connectivity index (χ0) is 20.8. The molecule has 0 amide bonds. The highest BCUT2D eigenvalue weighted by Gasteiger charge is 2.15. The van der Waals surface area contributed by atoms with Gasteiger partial charge in [-0.15, -0.1) is 0 Å². The van der Waals surface area contributed by atoms with Crippen LogP contribution in [-0.4, -0.2) is 47.0 Å². The number of thioether (sulfide) groups is 1. The molecule has 8 heteroatoms. The summed E-state index contributed by atoms with van der Waals surface area (Å²) in [4.78, 5) is 30.1. The van der Waals surface area contributed by atoms with Gasteiger partial charge in [0.15, 0.2) is 22.4 Å². The molecule has 0 bridgehead atoms. The Kier molecular flexibility index (Phi) is 6.90. The van der Waals surface area contributed by atoms with E-state index in [4.69, 9.17) is 14.6 Å². The maximum atomic E-state index is 12.8. The van der Waals surface area contributed by atoms with Gasteiger partial charge in [-0.05, 0) is 36.8 Å². The molecule has 0 saturated heterocycles. The minimum absolute atomic E-state index is 0.0338. The van der Waals surface area contributed by atoms with Crippen molar-refractivity contribution in [3.05, 3.63) is 58.4 Å². The second-order valence-corrected chi connectivity index (χ2v) is 7.17. The molecule has 0 atom stereocenters. The summed E-state index contributed by atoms with van der Waals surface area (Å²) in [5, 5.41) is 10.1. The average molecular weight is 414 g/mol. The molecule has 152 valence electrons. The minimum atomic E-state index is -0.176. The number of carbonyl (C=O) groups excluding carboxylic acids is 1. The van der Waals surface area contributed by atoms with E-state index in [0.717, 1.165) is 0 Å². The van der Waals surface area contributed by atoms with Gasteiger partial charge >= 0.3 is 0 Å². The van der Waals surface area contributed by atoms with Crippen molar-refractivity contribution in [2.24, 2.45) is 0 Å². The fraction of sp³-hybridized carbons (Fsp3) is 0.286. The van der Waals surface area contributed by atoms with Gasteiger partial charge in [-0.1, -0.05) is 23.9 Å². The van der Waals surface area contributed by atoms with Crippen molar-refractivity contribution in [2.75, 3.05) is 26.6 Å². The molecule has 0 radical (unpaired) electrons. The highest BCUT2D eigenvalue weighted by molar-refractivity contribution is 7.99. The predicted octanol–water partition coefficient (Wildman–Crippen LogP) is 2.77.